The van der Waals surface area contributed by atoms with Crippen LogP contribution in [-0.4, -0.2) is 47.4 Å². The first-order valence-corrected chi connectivity index (χ1v) is 4.88. The number of imide groups is 1. The number of hydrogen-bond donors (Lipinski definition) is 2. The van der Waals surface area contributed by atoms with Crippen LogP contribution >= 0.6 is 0 Å². The quantitative estimate of drug-likeness (QED) is 0.492. The van der Waals surface area contributed by atoms with E-state index in [0.29, 0.717) is 12.8 Å². The SMILES string of the molecule is C=C(CNC1CCC(=O)N(C)C1=O)C(=O)O. The molecule has 1 aliphatic heterocycles. The van der Waals surface area contributed by atoms with Gasteiger partial charge < -0.3 is 10.4 Å². The van der Waals surface area contributed by atoms with Gasteiger partial charge in [0.25, 0.3) is 0 Å². The normalized spacial score (nSPS) is 21.1. The lowest BCUT2D eigenvalue weighted by Gasteiger charge is -2.28. The maximum atomic E-state index is 11.6. The lowest BCUT2D eigenvalue weighted by molar-refractivity contribution is -0.148. The molecule has 1 rings (SSSR count). The van der Waals surface area contributed by atoms with E-state index in [-0.39, 0.29) is 23.9 Å². The Kier molecular flexibility index (Phi) is 3.78. The lowest BCUT2D eigenvalue weighted by Crippen LogP contribution is -2.51. The summed E-state index contributed by atoms with van der Waals surface area (Å²) in [5.41, 5.74) is -0.00708. The van der Waals surface area contributed by atoms with Crippen LogP contribution in [0, 0.1) is 0 Å². The smallest absolute Gasteiger partial charge is 0.332 e. The molecule has 0 aromatic carbocycles. The Bertz CT molecular complexity index is 351. The number of piperidine rings is 1. The number of nitrogens with zero attached hydrogens (tertiary/aromatic N) is 1. The van der Waals surface area contributed by atoms with Gasteiger partial charge in [-0.3, -0.25) is 14.5 Å². The topological polar surface area (TPSA) is 86.7 Å². The molecule has 0 aliphatic carbocycles. The number of carboxylic acids is 1. The number of aliphatic carboxylic acids is 1. The summed E-state index contributed by atoms with van der Waals surface area (Å²) >= 11 is 0. The van der Waals surface area contributed by atoms with E-state index < -0.39 is 12.0 Å². The first-order valence-electron chi connectivity index (χ1n) is 4.88. The van der Waals surface area contributed by atoms with Gasteiger partial charge in [-0.1, -0.05) is 6.58 Å². The van der Waals surface area contributed by atoms with E-state index in [0.717, 1.165) is 4.90 Å². The van der Waals surface area contributed by atoms with Crippen molar-refractivity contribution in [3.63, 3.8) is 0 Å². The average molecular weight is 226 g/mol. The predicted molar refractivity (Wildman–Crippen MR) is 55.6 cm³/mol. The average Bonchev–Trinajstić information content (AvgIpc) is 2.24. The van der Waals surface area contributed by atoms with Crippen LogP contribution in [0.3, 0.4) is 0 Å². The number of carbonyl (C=O) groups excluding carboxylic acids is 2. The fourth-order valence-electron chi connectivity index (χ4n) is 1.43. The zero-order valence-corrected chi connectivity index (χ0v) is 9.02. The standard InChI is InChI=1S/C10H14N2O4/c1-6(10(15)16)5-11-7-3-4-8(13)12(2)9(7)14/h7,11H,1,3-5H2,2H3,(H,15,16). The summed E-state index contributed by atoms with van der Waals surface area (Å²) in [5, 5.41) is 11.4. The van der Waals surface area contributed by atoms with Gasteiger partial charge >= 0.3 is 5.97 Å². The molecule has 6 heteroatoms. The number of carbonyl (C=O) groups is 3. The molecular formula is C10H14N2O4. The maximum Gasteiger partial charge on any atom is 0.332 e. The van der Waals surface area contributed by atoms with Crippen molar-refractivity contribution in [1.82, 2.24) is 10.2 Å². The van der Waals surface area contributed by atoms with Crippen LogP contribution in [-0.2, 0) is 14.4 Å². The molecule has 1 heterocycles. The number of carboxylic acid groups (broad SMARTS) is 1. The van der Waals surface area contributed by atoms with Crippen LogP contribution in [0.15, 0.2) is 12.2 Å². The fourth-order valence-corrected chi connectivity index (χ4v) is 1.43. The van der Waals surface area contributed by atoms with E-state index in [2.05, 4.69) is 11.9 Å². The van der Waals surface area contributed by atoms with Gasteiger partial charge in [-0.2, -0.15) is 0 Å². The Hall–Kier alpha value is -1.69. The van der Waals surface area contributed by atoms with Crippen LogP contribution in [0.5, 0.6) is 0 Å². The maximum absolute atomic E-state index is 11.6. The summed E-state index contributed by atoms with van der Waals surface area (Å²) in [7, 11) is 1.42. The molecule has 1 saturated heterocycles. The van der Waals surface area contributed by atoms with Crippen molar-refractivity contribution in [3.05, 3.63) is 12.2 Å². The second-order valence-electron chi connectivity index (χ2n) is 3.67. The third-order valence-corrected chi connectivity index (χ3v) is 2.51. The third-order valence-electron chi connectivity index (χ3n) is 2.51. The van der Waals surface area contributed by atoms with Gasteiger partial charge in [0.15, 0.2) is 0 Å². The molecule has 0 saturated carbocycles. The molecule has 16 heavy (non-hydrogen) atoms. The highest BCUT2D eigenvalue weighted by molar-refractivity contribution is 6.00. The minimum absolute atomic E-state index is 0.00708. The van der Waals surface area contributed by atoms with Crippen molar-refractivity contribution in [3.8, 4) is 0 Å². The molecule has 1 aliphatic rings. The molecule has 0 bridgehead atoms. The predicted octanol–water partition coefficient (Wildman–Crippen LogP) is -0.636. The number of amides is 2. The second kappa shape index (κ2) is 4.89. The first-order chi connectivity index (χ1) is 7.43. The van der Waals surface area contributed by atoms with Gasteiger partial charge in [0.1, 0.15) is 0 Å². The summed E-state index contributed by atoms with van der Waals surface area (Å²) in [4.78, 5) is 34.3. The first kappa shape index (κ1) is 12.4. The zero-order chi connectivity index (χ0) is 12.3. The molecule has 1 unspecified atom stereocenters. The molecular weight excluding hydrogens is 212 g/mol. The second-order valence-corrected chi connectivity index (χ2v) is 3.67. The Morgan fingerprint density at radius 3 is 2.81 bits per heavy atom. The van der Waals surface area contributed by atoms with Gasteiger partial charge in [0.05, 0.1) is 6.04 Å². The van der Waals surface area contributed by atoms with Crippen molar-refractivity contribution in [2.24, 2.45) is 0 Å². The fraction of sp³-hybridized carbons (Fsp3) is 0.500. The Balaban J connectivity index is 2.50. The Labute approximate surface area is 92.9 Å². The number of rotatable bonds is 4. The summed E-state index contributed by atoms with van der Waals surface area (Å²) in [6, 6.07) is -0.501. The van der Waals surface area contributed by atoms with Gasteiger partial charge in [-0.15, -0.1) is 0 Å². The van der Waals surface area contributed by atoms with E-state index in [1.807, 2.05) is 0 Å². The van der Waals surface area contributed by atoms with E-state index in [9.17, 15) is 14.4 Å². The van der Waals surface area contributed by atoms with Gasteiger partial charge in [-0.25, -0.2) is 4.79 Å². The zero-order valence-electron chi connectivity index (χ0n) is 9.02. The highest BCUT2D eigenvalue weighted by atomic mass is 16.4. The molecule has 6 nitrogen and oxygen atoms in total. The van der Waals surface area contributed by atoms with E-state index in [1.54, 1.807) is 0 Å². The van der Waals surface area contributed by atoms with Crippen LogP contribution in [0.25, 0.3) is 0 Å². The van der Waals surface area contributed by atoms with E-state index >= 15 is 0 Å². The van der Waals surface area contributed by atoms with Crippen molar-refractivity contribution in [2.45, 2.75) is 18.9 Å². The molecule has 0 radical (unpaired) electrons. The van der Waals surface area contributed by atoms with E-state index in [4.69, 9.17) is 5.11 Å². The van der Waals surface area contributed by atoms with Crippen molar-refractivity contribution < 1.29 is 19.5 Å². The van der Waals surface area contributed by atoms with Crippen molar-refractivity contribution in [1.29, 1.82) is 0 Å². The summed E-state index contributed by atoms with van der Waals surface area (Å²) in [5.74, 6) is -1.63. The minimum atomic E-state index is -1.10. The highest BCUT2D eigenvalue weighted by Crippen LogP contribution is 2.11. The molecule has 0 aromatic rings. The molecule has 2 N–H and O–H groups in total. The highest BCUT2D eigenvalue weighted by Gasteiger charge is 2.31. The summed E-state index contributed by atoms with van der Waals surface area (Å²) < 4.78 is 0. The largest absolute Gasteiger partial charge is 0.478 e. The number of nitrogens with one attached hydrogen (secondary N) is 1. The Morgan fingerprint density at radius 2 is 2.25 bits per heavy atom. The molecule has 1 fully saturated rings. The molecule has 0 aromatic heterocycles. The number of likely N-dealkylation sites (tertiary alicyclic amines) is 1. The van der Waals surface area contributed by atoms with Crippen LogP contribution in [0.4, 0.5) is 0 Å². The van der Waals surface area contributed by atoms with Gasteiger partial charge in [0, 0.05) is 25.6 Å². The molecule has 0 spiro atoms. The number of likely N-dealkylation sites (N-methyl/N-ethyl adjacent to an activating group) is 1. The van der Waals surface area contributed by atoms with Crippen LogP contribution in [0.2, 0.25) is 0 Å². The van der Waals surface area contributed by atoms with Crippen molar-refractivity contribution in [2.75, 3.05) is 13.6 Å². The van der Waals surface area contributed by atoms with Gasteiger partial charge in [0.2, 0.25) is 11.8 Å². The third kappa shape index (κ3) is 2.66. The minimum Gasteiger partial charge on any atom is -0.478 e. The summed E-state index contributed by atoms with van der Waals surface area (Å²) in [6.45, 7) is 3.38. The summed E-state index contributed by atoms with van der Waals surface area (Å²) in [6.07, 6.45) is 0.689. The van der Waals surface area contributed by atoms with Crippen LogP contribution < -0.4 is 5.32 Å². The lowest BCUT2D eigenvalue weighted by atomic mass is 10.0. The van der Waals surface area contributed by atoms with Crippen LogP contribution in [0.1, 0.15) is 12.8 Å². The molecule has 88 valence electrons. The Morgan fingerprint density at radius 1 is 1.62 bits per heavy atom. The van der Waals surface area contributed by atoms with Gasteiger partial charge in [-0.05, 0) is 6.42 Å². The van der Waals surface area contributed by atoms with E-state index in [1.165, 1.54) is 7.05 Å². The molecule has 1 atom stereocenters. The van der Waals surface area contributed by atoms with Crippen molar-refractivity contribution >= 4 is 17.8 Å². The monoisotopic (exact) mass is 226 g/mol. The number of hydrogen-bond acceptors (Lipinski definition) is 4. The molecule has 2 amide bonds.